The minimum absolute atomic E-state index is 0.0942. The molecule has 0 aliphatic carbocycles. The number of hydrogen-bond acceptors (Lipinski definition) is 2. The van der Waals surface area contributed by atoms with Crippen LogP contribution in [-0.4, -0.2) is 30.7 Å². The van der Waals surface area contributed by atoms with Crippen LogP contribution in [0.5, 0.6) is 0 Å². The van der Waals surface area contributed by atoms with Gasteiger partial charge in [0.05, 0.1) is 6.61 Å². The Balaban J connectivity index is 2.39. The molecule has 3 nitrogen and oxygen atoms in total. The minimum atomic E-state index is 0.0942. The lowest BCUT2D eigenvalue weighted by molar-refractivity contribution is -0.143. The van der Waals surface area contributed by atoms with Crippen molar-refractivity contribution in [2.45, 2.75) is 20.3 Å². The van der Waals surface area contributed by atoms with Crippen LogP contribution in [0.3, 0.4) is 0 Å². The topological polar surface area (TPSA) is 29.5 Å². The van der Waals surface area contributed by atoms with Gasteiger partial charge in [0.2, 0.25) is 5.91 Å². The molecule has 0 radical (unpaired) electrons. The number of nitrogens with zero attached hydrogens (tertiary/aromatic N) is 1. The molecule has 11 heavy (non-hydrogen) atoms. The maximum absolute atomic E-state index is 11.3. The second kappa shape index (κ2) is 3.72. The summed E-state index contributed by atoms with van der Waals surface area (Å²) in [4.78, 5) is 13.1. The fourth-order valence-corrected chi connectivity index (χ4v) is 1.14. The van der Waals surface area contributed by atoms with Crippen LogP contribution in [-0.2, 0) is 9.53 Å². The van der Waals surface area contributed by atoms with Crippen molar-refractivity contribution in [3.05, 3.63) is 0 Å². The van der Waals surface area contributed by atoms with Crippen LogP contribution in [0.15, 0.2) is 0 Å². The van der Waals surface area contributed by atoms with Gasteiger partial charge in [0, 0.05) is 12.5 Å². The van der Waals surface area contributed by atoms with Gasteiger partial charge in [0.25, 0.3) is 0 Å². The van der Waals surface area contributed by atoms with Crippen LogP contribution in [0.2, 0.25) is 0 Å². The Hall–Kier alpha value is -0.570. The van der Waals surface area contributed by atoms with E-state index in [1.54, 1.807) is 4.90 Å². The molecule has 0 aromatic rings. The molecule has 0 atom stereocenters. The number of ether oxygens (including phenoxy) is 1. The van der Waals surface area contributed by atoms with Crippen molar-refractivity contribution in [2.75, 3.05) is 19.9 Å². The van der Waals surface area contributed by atoms with Gasteiger partial charge in [-0.25, -0.2) is 0 Å². The molecule has 64 valence electrons. The summed E-state index contributed by atoms with van der Waals surface area (Å²) >= 11 is 0. The molecule has 0 unspecified atom stereocenters. The molecule has 1 aliphatic rings. The van der Waals surface area contributed by atoms with E-state index in [0.717, 1.165) is 19.6 Å². The van der Waals surface area contributed by atoms with Gasteiger partial charge in [0.1, 0.15) is 6.73 Å². The first-order valence-electron chi connectivity index (χ1n) is 4.08. The minimum Gasteiger partial charge on any atom is -0.361 e. The van der Waals surface area contributed by atoms with E-state index in [1.165, 1.54) is 0 Å². The molecule has 0 aromatic heterocycles. The summed E-state index contributed by atoms with van der Waals surface area (Å²) in [6.07, 6.45) is 0.971. The smallest absolute Gasteiger partial charge is 0.226 e. The molecular weight excluding hydrogens is 142 g/mol. The molecule has 1 saturated heterocycles. The fourth-order valence-electron chi connectivity index (χ4n) is 1.14. The fraction of sp³-hybridized carbons (Fsp3) is 0.875. The van der Waals surface area contributed by atoms with E-state index in [9.17, 15) is 4.79 Å². The van der Waals surface area contributed by atoms with E-state index in [4.69, 9.17) is 4.74 Å². The number of hydrogen-bond donors (Lipinski definition) is 0. The number of amides is 1. The maximum atomic E-state index is 11.3. The van der Waals surface area contributed by atoms with Crippen molar-refractivity contribution >= 4 is 5.91 Å². The summed E-state index contributed by atoms with van der Waals surface area (Å²) in [6, 6.07) is 0. The third-order valence-corrected chi connectivity index (χ3v) is 1.77. The van der Waals surface area contributed by atoms with Crippen LogP contribution in [0.1, 0.15) is 20.3 Å². The Kier molecular flexibility index (Phi) is 2.88. The lowest BCUT2D eigenvalue weighted by Crippen LogP contribution is -2.40. The quantitative estimate of drug-likeness (QED) is 0.564. The largest absolute Gasteiger partial charge is 0.361 e. The Morgan fingerprint density at radius 3 is 2.73 bits per heavy atom. The van der Waals surface area contributed by atoms with Gasteiger partial charge in [-0.1, -0.05) is 13.8 Å². The van der Waals surface area contributed by atoms with E-state index < -0.39 is 0 Å². The Labute approximate surface area is 67.3 Å². The average Bonchev–Trinajstić information content (AvgIpc) is 2.05. The van der Waals surface area contributed by atoms with Crippen molar-refractivity contribution in [1.29, 1.82) is 0 Å². The highest BCUT2D eigenvalue weighted by Crippen LogP contribution is 2.06. The van der Waals surface area contributed by atoms with Crippen molar-refractivity contribution in [2.24, 2.45) is 5.92 Å². The highest BCUT2D eigenvalue weighted by molar-refractivity contribution is 5.77. The van der Waals surface area contributed by atoms with Crippen LogP contribution in [0.4, 0.5) is 0 Å². The first-order chi connectivity index (χ1) is 5.22. The number of carbonyl (C=O) groups is 1. The second-order valence-corrected chi connectivity index (χ2v) is 3.15. The monoisotopic (exact) mass is 157 g/mol. The molecule has 3 heteroatoms. The van der Waals surface area contributed by atoms with E-state index >= 15 is 0 Å². The lowest BCUT2D eigenvalue weighted by Gasteiger charge is -2.28. The van der Waals surface area contributed by atoms with E-state index in [1.807, 2.05) is 13.8 Å². The summed E-state index contributed by atoms with van der Waals surface area (Å²) in [6.45, 7) is 5.96. The van der Waals surface area contributed by atoms with E-state index in [-0.39, 0.29) is 11.8 Å². The number of rotatable bonds is 1. The summed E-state index contributed by atoms with van der Waals surface area (Å²) in [5.41, 5.74) is 0. The summed E-state index contributed by atoms with van der Waals surface area (Å²) in [5.74, 6) is 0.293. The van der Waals surface area contributed by atoms with Crippen LogP contribution >= 0.6 is 0 Å². The number of carbonyl (C=O) groups excluding carboxylic acids is 1. The van der Waals surface area contributed by atoms with Crippen molar-refractivity contribution in [3.8, 4) is 0 Å². The third kappa shape index (κ3) is 2.19. The second-order valence-electron chi connectivity index (χ2n) is 3.15. The molecule has 1 heterocycles. The zero-order valence-corrected chi connectivity index (χ0v) is 7.17. The highest BCUT2D eigenvalue weighted by Gasteiger charge is 2.18. The first-order valence-corrected chi connectivity index (χ1v) is 4.08. The lowest BCUT2D eigenvalue weighted by atomic mass is 10.2. The zero-order chi connectivity index (χ0) is 8.27. The standard InChI is InChI=1S/C8H15NO2/c1-7(2)8(10)9-4-3-5-11-6-9/h7H,3-6H2,1-2H3. The molecule has 1 amide bonds. The van der Waals surface area contributed by atoms with Crippen LogP contribution in [0.25, 0.3) is 0 Å². The Bertz CT molecular complexity index is 139. The van der Waals surface area contributed by atoms with Gasteiger partial charge in [-0.3, -0.25) is 4.79 Å². The molecule has 1 aliphatic heterocycles. The van der Waals surface area contributed by atoms with E-state index in [0.29, 0.717) is 6.73 Å². The van der Waals surface area contributed by atoms with Gasteiger partial charge in [-0.2, -0.15) is 0 Å². The van der Waals surface area contributed by atoms with E-state index in [2.05, 4.69) is 0 Å². The van der Waals surface area contributed by atoms with Crippen molar-refractivity contribution < 1.29 is 9.53 Å². The van der Waals surface area contributed by atoms with Crippen molar-refractivity contribution in [1.82, 2.24) is 4.90 Å². The summed E-state index contributed by atoms with van der Waals surface area (Å²) < 4.78 is 5.16. The predicted octanol–water partition coefficient (Wildman–Crippen LogP) is 0.849. The maximum Gasteiger partial charge on any atom is 0.226 e. The van der Waals surface area contributed by atoms with Gasteiger partial charge in [0.15, 0.2) is 0 Å². The summed E-state index contributed by atoms with van der Waals surface area (Å²) in [7, 11) is 0. The molecular formula is C8H15NO2. The van der Waals surface area contributed by atoms with Crippen LogP contribution in [0, 0.1) is 5.92 Å². The summed E-state index contributed by atoms with van der Waals surface area (Å²) in [5, 5.41) is 0. The van der Waals surface area contributed by atoms with Gasteiger partial charge >= 0.3 is 0 Å². The predicted molar refractivity (Wildman–Crippen MR) is 42.0 cm³/mol. The third-order valence-electron chi connectivity index (χ3n) is 1.77. The Morgan fingerprint density at radius 2 is 2.27 bits per heavy atom. The van der Waals surface area contributed by atoms with Gasteiger partial charge < -0.3 is 9.64 Å². The molecule has 0 saturated carbocycles. The molecule has 1 fully saturated rings. The zero-order valence-electron chi connectivity index (χ0n) is 7.17. The normalized spacial score (nSPS) is 19.0. The molecule has 0 aromatic carbocycles. The van der Waals surface area contributed by atoms with Gasteiger partial charge in [-0.05, 0) is 6.42 Å². The first kappa shape index (κ1) is 8.53. The molecule has 0 spiro atoms. The Morgan fingerprint density at radius 1 is 1.55 bits per heavy atom. The van der Waals surface area contributed by atoms with Crippen LogP contribution < -0.4 is 0 Å². The highest BCUT2D eigenvalue weighted by atomic mass is 16.5. The SMILES string of the molecule is CC(C)C(=O)N1CCCOC1. The molecule has 0 N–H and O–H groups in total. The van der Waals surface area contributed by atoms with Crippen molar-refractivity contribution in [3.63, 3.8) is 0 Å². The molecule has 1 rings (SSSR count). The average molecular weight is 157 g/mol. The van der Waals surface area contributed by atoms with Gasteiger partial charge in [-0.15, -0.1) is 0 Å². The molecule has 0 bridgehead atoms.